The number of para-hydroxylation sites is 2. The van der Waals surface area contributed by atoms with Crippen LogP contribution >= 0.6 is 0 Å². The van der Waals surface area contributed by atoms with Gasteiger partial charge in [0.15, 0.2) is 22.9 Å². The van der Waals surface area contributed by atoms with E-state index in [1.807, 2.05) is 24.3 Å². The van der Waals surface area contributed by atoms with Crippen molar-refractivity contribution in [2.24, 2.45) is 0 Å². The summed E-state index contributed by atoms with van der Waals surface area (Å²) >= 11 is 0. The van der Waals surface area contributed by atoms with Gasteiger partial charge in [-0.05, 0) is 106 Å². The first-order chi connectivity index (χ1) is 35.0. The molecule has 368 valence electrons. The second-order valence-electron chi connectivity index (χ2n) is 17.9. The molecule has 73 heavy (non-hydrogen) atoms. The zero-order valence-corrected chi connectivity index (χ0v) is 40.0. The molecule has 0 aliphatic carbocycles. The van der Waals surface area contributed by atoms with Crippen LogP contribution in [0.1, 0.15) is 78.8 Å². The second kappa shape index (κ2) is 19.5. The van der Waals surface area contributed by atoms with E-state index < -0.39 is 41.2 Å². The smallest absolute Gasteiger partial charge is 0.413 e. The van der Waals surface area contributed by atoms with Gasteiger partial charge in [0.25, 0.3) is 22.9 Å². The molecule has 0 aliphatic heterocycles. The lowest BCUT2D eigenvalue weighted by Gasteiger charge is -2.21. The Balaban J connectivity index is 0.000000183. The van der Waals surface area contributed by atoms with Gasteiger partial charge in [-0.25, -0.2) is 23.8 Å². The SMILES string of the molecule is C[C@H](NC(=O)c1c(N)nn2cccnc12)c1cc2cccc(O)c2c(=O)n1-c1ccccc1.C[C@H](NC(=O)c1c(NC(=O)OC(C)(C)C)nn2cccnc12)c1cc2cccc(O)c2c(=O)n1-c1ccccc1. The minimum Gasteiger partial charge on any atom is -0.507 e. The summed E-state index contributed by atoms with van der Waals surface area (Å²) in [6.45, 7) is 8.69. The lowest BCUT2D eigenvalue weighted by atomic mass is 10.1. The molecule has 0 aliphatic rings. The Morgan fingerprint density at radius 3 is 1.55 bits per heavy atom. The Kier molecular flexibility index (Phi) is 12.9. The summed E-state index contributed by atoms with van der Waals surface area (Å²) in [6, 6.07) is 33.3. The number of nitrogens with one attached hydrogen (secondary N) is 3. The number of fused-ring (bicyclic) bond motifs is 4. The van der Waals surface area contributed by atoms with Gasteiger partial charge in [-0.15, -0.1) is 10.2 Å². The molecular weight excluding hydrogens is 933 g/mol. The van der Waals surface area contributed by atoms with Gasteiger partial charge in [0.05, 0.1) is 22.9 Å². The van der Waals surface area contributed by atoms with Crippen molar-refractivity contribution in [3.05, 3.63) is 189 Å². The molecule has 2 atom stereocenters. The summed E-state index contributed by atoms with van der Waals surface area (Å²) in [4.78, 5) is 75.0. The Morgan fingerprint density at radius 2 is 1.07 bits per heavy atom. The number of phenolic OH excluding ortho intramolecular Hbond substituents is 2. The van der Waals surface area contributed by atoms with Crippen molar-refractivity contribution in [2.45, 2.75) is 52.3 Å². The molecule has 10 aromatic rings. The highest BCUT2D eigenvalue weighted by atomic mass is 16.6. The van der Waals surface area contributed by atoms with E-state index in [2.05, 4.69) is 36.1 Å². The van der Waals surface area contributed by atoms with E-state index in [4.69, 9.17) is 10.5 Å². The maximum atomic E-state index is 13.7. The fraction of sp³-hybridized carbons (Fsp3) is 0.151. The molecule has 0 fully saturated rings. The topological polar surface area (TPSA) is 267 Å². The minimum atomic E-state index is -0.773. The average molecular weight is 981 g/mol. The first-order valence-electron chi connectivity index (χ1n) is 22.9. The van der Waals surface area contributed by atoms with Crippen LogP contribution in [-0.2, 0) is 4.74 Å². The number of carbonyl (C=O) groups is 3. The highest BCUT2D eigenvalue weighted by Gasteiger charge is 2.28. The third kappa shape index (κ3) is 9.59. The van der Waals surface area contributed by atoms with Crippen LogP contribution < -0.4 is 32.8 Å². The molecule has 0 spiro atoms. The van der Waals surface area contributed by atoms with Crippen molar-refractivity contribution in [3.63, 3.8) is 0 Å². The lowest BCUT2D eigenvalue weighted by molar-refractivity contribution is 0.0635. The highest BCUT2D eigenvalue weighted by Crippen LogP contribution is 2.29. The number of amides is 3. The molecule has 3 amide bonds. The van der Waals surface area contributed by atoms with E-state index in [1.165, 1.54) is 36.5 Å². The standard InChI is InChI=1S/C29H28N6O5.C24H20N6O3/c1-17(20-16-18-10-8-13-21(36)22(18)27(38)35(20)19-11-6-5-7-12-19)31-26(37)23-24(32-28(39)40-29(2,3)4)33-34-15-9-14-30-25(23)34;1-14(27-23(32)20-21(25)28-29-12-6-11-26-22(20)29)17-13-15-7-5-10-18(31)19(15)24(33)30(17)16-8-3-2-4-9-16/h5-17,36H,1-4H3,(H,31,37)(H,32,33,39);2-14,31H,1H3,(H2,25,28)(H,27,32)/t17-;14-/m00/s1. The van der Waals surface area contributed by atoms with Crippen LogP contribution in [-0.4, -0.2) is 72.1 Å². The number of rotatable bonds is 9. The number of aromatic hydroxyl groups is 2. The predicted molar refractivity (Wildman–Crippen MR) is 274 cm³/mol. The fourth-order valence-corrected chi connectivity index (χ4v) is 8.44. The number of nitrogens with two attached hydrogens (primary N) is 1. The zero-order valence-electron chi connectivity index (χ0n) is 40.0. The number of phenols is 2. The third-order valence-electron chi connectivity index (χ3n) is 11.6. The van der Waals surface area contributed by atoms with Crippen LogP contribution in [0.2, 0.25) is 0 Å². The average Bonchev–Trinajstić information content (AvgIpc) is 3.90. The number of nitrogens with zero attached hydrogens (tertiary/aromatic N) is 8. The summed E-state index contributed by atoms with van der Waals surface area (Å²) in [6.07, 6.45) is 5.55. The number of hydrogen-bond donors (Lipinski definition) is 6. The van der Waals surface area contributed by atoms with E-state index in [0.717, 1.165) is 0 Å². The second-order valence-corrected chi connectivity index (χ2v) is 17.9. The fourth-order valence-electron chi connectivity index (χ4n) is 8.44. The van der Waals surface area contributed by atoms with E-state index in [-0.39, 0.29) is 56.2 Å². The number of aromatic nitrogens is 8. The first-order valence-corrected chi connectivity index (χ1v) is 22.9. The van der Waals surface area contributed by atoms with Gasteiger partial charge in [0.2, 0.25) is 0 Å². The van der Waals surface area contributed by atoms with Crippen LogP contribution in [0.15, 0.2) is 156 Å². The van der Waals surface area contributed by atoms with Gasteiger partial charge >= 0.3 is 6.09 Å². The number of ether oxygens (including phenoxy) is 1. The van der Waals surface area contributed by atoms with E-state index >= 15 is 0 Å². The number of nitrogen functional groups attached to an aromatic ring is 1. The van der Waals surface area contributed by atoms with Gasteiger partial charge < -0.3 is 31.3 Å². The summed E-state index contributed by atoms with van der Waals surface area (Å²) in [5.74, 6) is -1.24. The first kappa shape index (κ1) is 48.2. The van der Waals surface area contributed by atoms with Crippen LogP contribution in [0, 0.1) is 0 Å². The summed E-state index contributed by atoms with van der Waals surface area (Å²) in [7, 11) is 0. The molecular formula is C53H48N12O8. The molecule has 20 heteroatoms. The monoisotopic (exact) mass is 980 g/mol. The van der Waals surface area contributed by atoms with Crippen molar-refractivity contribution in [3.8, 4) is 22.9 Å². The van der Waals surface area contributed by atoms with Crippen LogP contribution in [0.5, 0.6) is 11.5 Å². The maximum absolute atomic E-state index is 13.7. The molecule has 0 saturated heterocycles. The molecule has 0 radical (unpaired) electrons. The summed E-state index contributed by atoms with van der Waals surface area (Å²) < 4.78 is 11.1. The van der Waals surface area contributed by atoms with Crippen molar-refractivity contribution < 1.29 is 29.3 Å². The number of carbonyl (C=O) groups excluding carboxylic acids is 3. The molecule has 6 heterocycles. The third-order valence-corrected chi connectivity index (χ3v) is 11.6. The molecule has 6 aromatic heterocycles. The number of benzene rings is 4. The van der Waals surface area contributed by atoms with Crippen molar-refractivity contribution in [1.82, 2.24) is 49.0 Å². The van der Waals surface area contributed by atoms with E-state index in [9.17, 15) is 34.2 Å². The minimum absolute atomic E-state index is 0.0264. The number of hydrogen-bond acceptors (Lipinski definition) is 13. The molecule has 4 aromatic carbocycles. The highest BCUT2D eigenvalue weighted by molar-refractivity contribution is 6.07. The van der Waals surface area contributed by atoms with Crippen LogP contribution in [0.3, 0.4) is 0 Å². The Morgan fingerprint density at radius 1 is 0.616 bits per heavy atom. The molecule has 7 N–H and O–H groups in total. The predicted octanol–water partition coefficient (Wildman–Crippen LogP) is 7.39. The quantitative estimate of drug-likeness (QED) is 0.0825. The van der Waals surface area contributed by atoms with Crippen LogP contribution in [0.25, 0.3) is 44.2 Å². The van der Waals surface area contributed by atoms with Crippen LogP contribution in [0.4, 0.5) is 16.4 Å². The largest absolute Gasteiger partial charge is 0.507 e. The normalized spacial score (nSPS) is 12.2. The van der Waals surface area contributed by atoms with Gasteiger partial charge in [-0.3, -0.25) is 33.6 Å². The Labute approximate surface area is 415 Å². The zero-order chi connectivity index (χ0) is 51.7. The molecule has 20 nitrogen and oxygen atoms in total. The Hall–Kier alpha value is -9.85. The van der Waals surface area contributed by atoms with Gasteiger partial charge in [-0.2, -0.15) is 0 Å². The number of pyridine rings is 2. The molecule has 0 saturated carbocycles. The van der Waals surface area contributed by atoms with Gasteiger partial charge in [0.1, 0.15) is 28.2 Å². The van der Waals surface area contributed by atoms with Crippen molar-refractivity contribution >= 4 is 62.4 Å². The van der Waals surface area contributed by atoms with E-state index in [1.54, 1.807) is 138 Å². The molecule has 10 rings (SSSR count). The Bertz CT molecular complexity index is 3880. The molecule has 0 unspecified atom stereocenters. The van der Waals surface area contributed by atoms with Gasteiger partial charge in [0, 0.05) is 47.6 Å². The van der Waals surface area contributed by atoms with Gasteiger partial charge in [-0.1, -0.05) is 60.7 Å². The molecule has 0 bridgehead atoms. The lowest BCUT2D eigenvalue weighted by Crippen LogP contribution is -2.33. The summed E-state index contributed by atoms with van der Waals surface area (Å²) in [5, 5.41) is 39.1. The summed E-state index contributed by atoms with van der Waals surface area (Å²) in [5.41, 5.74) is 7.37. The van der Waals surface area contributed by atoms with Crippen molar-refractivity contribution in [2.75, 3.05) is 11.1 Å². The van der Waals surface area contributed by atoms with Crippen molar-refractivity contribution in [1.29, 1.82) is 0 Å². The maximum Gasteiger partial charge on any atom is 0.413 e. The van der Waals surface area contributed by atoms with E-state index in [0.29, 0.717) is 39.2 Å². The number of anilines is 2.